The molecule has 0 aliphatic rings. The molecule has 0 saturated heterocycles. The third-order valence-electron chi connectivity index (χ3n) is 2.96. The Kier molecular flexibility index (Phi) is 2.56. The molecule has 0 spiro atoms. The van der Waals surface area contributed by atoms with Crippen LogP contribution in [-0.4, -0.2) is 19.4 Å². The number of imidazole rings is 1. The predicted octanol–water partition coefficient (Wildman–Crippen LogP) is 0.899. The van der Waals surface area contributed by atoms with Gasteiger partial charge in [0.05, 0.1) is 5.69 Å². The highest BCUT2D eigenvalue weighted by Crippen LogP contribution is 2.12. The molecule has 1 aromatic carbocycles. The molecule has 0 bridgehead atoms. The first kappa shape index (κ1) is 11.5. The highest BCUT2D eigenvalue weighted by molar-refractivity contribution is 5.47. The summed E-state index contributed by atoms with van der Waals surface area (Å²) in [5.41, 5.74) is 7.53. The van der Waals surface area contributed by atoms with Gasteiger partial charge in [0.15, 0.2) is 5.65 Å². The minimum Gasteiger partial charge on any atom is -0.369 e. The van der Waals surface area contributed by atoms with Gasteiger partial charge < -0.3 is 5.73 Å². The number of aromatic amines is 1. The van der Waals surface area contributed by atoms with Crippen molar-refractivity contribution < 1.29 is 0 Å². The third-order valence-corrected chi connectivity index (χ3v) is 2.96. The minimum absolute atomic E-state index is 0.103. The molecule has 0 aliphatic heterocycles. The van der Waals surface area contributed by atoms with Crippen molar-refractivity contribution in [1.82, 2.24) is 19.4 Å². The number of aryl methyl sites for hydroxylation is 1. The van der Waals surface area contributed by atoms with Crippen LogP contribution < -0.4 is 11.4 Å². The van der Waals surface area contributed by atoms with Crippen LogP contribution in [0.5, 0.6) is 0 Å². The van der Waals surface area contributed by atoms with E-state index in [9.17, 15) is 4.79 Å². The van der Waals surface area contributed by atoms with Gasteiger partial charge in [0, 0.05) is 6.42 Å². The molecule has 0 amide bonds. The molecule has 3 aromatic rings. The summed E-state index contributed by atoms with van der Waals surface area (Å²) in [5.74, 6) is 0.763. The number of nitrogens with one attached hydrogen (secondary N) is 1. The second-order valence-corrected chi connectivity index (χ2v) is 4.36. The van der Waals surface area contributed by atoms with E-state index in [0.717, 1.165) is 5.56 Å². The predicted molar refractivity (Wildman–Crippen MR) is 72.0 cm³/mol. The second-order valence-electron chi connectivity index (χ2n) is 4.36. The molecule has 0 atom stereocenters. The van der Waals surface area contributed by atoms with Crippen molar-refractivity contribution >= 4 is 11.6 Å². The number of aromatic nitrogens is 4. The first-order chi connectivity index (χ1) is 9.15. The number of H-pyrrole nitrogens is 1. The Morgan fingerprint density at radius 3 is 2.74 bits per heavy atom. The summed E-state index contributed by atoms with van der Waals surface area (Å²) < 4.78 is 1.47. The van der Waals surface area contributed by atoms with Crippen molar-refractivity contribution in [3.05, 3.63) is 57.9 Å². The maximum absolute atomic E-state index is 12.0. The molecular formula is C13H13N5O. The van der Waals surface area contributed by atoms with Crippen molar-refractivity contribution in [1.29, 1.82) is 0 Å². The molecule has 2 heterocycles. The summed E-state index contributed by atoms with van der Waals surface area (Å²) in [5, 5.41) is 0. The van der Waals surface area contributed by atoms with Gasteiger partial charge in [-0.05, 0) is 12.5 Å². The van der Waals surface area contributed by atoms with E-state index in [0.29, 0.717) is 23.6 Å². The Morgan fingerprint density at radius 1 is 1.26 bits per heavy atom. The molecule has 0 aliphatic carbocycles. The van der Waals surface area contributed by atoms with Crippen molar-refractivity contribution in [2.45, 2.75) is 13.3 Å². The number of benzene rings is 1. The molecule has 3 rings (SSSR count). The third kappa shape index (κ3) is 1.97. The molecule has 0 fully saturated rings. The summed E-state index contributed by atoms with van der Waals surface area (Å²) >= 11 is 0. The SMILES string of the molecule is Cc1nc(Cc2ccccc2)n2c(=O)[nH]c(N)nc12. The van der Waals surface area contributed by atoms with Crippen molar-refractivity contribution in [2.75, 3.05) is 5.73 Å². The summed E-state index contributed by atoms with van der Waals surface area (Å²) in [6.45, 7) is 1.82. The van der Waals surface area contributed by atoms with E-state index in [-0.39, 0.29) is 11.6 Å². The van der Waals surface area contributed by atoms with Crippen LogP contribution in [0.2, 0.25) is 0 Å². The zero-order valence-corrected chi connectivity index (χ0v) is 10.4. The molecule has 0 saturated carbocycles. The Bertz CT molecular complexity index is 788. The van der Waals surface area contributed by atoms with Crippen molar-refractivity contribution in [3.63, 3.8) is 0 Å². The Labute approximate surface area is 108 Å². The summed E-state index contributed by atoms with van der Waals surface area (Å²) in [7, 11) is 0. The van der Waals surface area contributed by atoms with Gasteiger partial charge in [-0.1, -0.05) is 30.3 Å². The largest absolute Gasteiger partial charge is 0.369 e. The molecule has 0 unspecified atom stereocenters. The number of nitrogens with zero attached hydrogens (tertiary/aromatic N) is 3. The Hall–Kier alpha value is -2.63. The maximum Gasteiger partial charge on any atom is 0.335 e. The van der Waals surface area contributed by atoms with E-state index in [4.69, 9.17) is 5.73 Å². The van der Waals surface area contributed by atoms with Crippen LogP contribution in [0.15, 0.2) is 35.1 Å². The monoisotopic (exact) mass is 255 g/mol. The van der Waals surface area contributed by atoms with Crippen LogP contribution in [0.25, 0.3) is 5.65 Å². The Balaban J connectivity index is 2.18. The number of fused-ring (bicyclic) bond motifs is 1. The smallest absolute Gasteiger partial charge is 0.335 e. The lowest BCUT2D eigenvalue weighted by Crippen LogP contribution is -2.21. The fourth-order valence-corrected chi connectivity index (χ4v) is 2.13. The van der Waals surface area contributed by atoms with Gasteiger partial charge in [0.2, 0.25) is 5.95 Å². The molecule has 3 N–H and O–H groups in total. The fourth-order valence-electron chi connectivity index (χ4n) is 2.13. The first-order valence-electron chi connectivity index (χ1n) is 5.93. The number of anilines is 1. The van der Waals surface area contributed by atoms with Gasteiger partial charge in [0.25, 0.3) is 0 Å². The van der Waals surface area contributed by atoms with Crippen LogP contribution in [0.4, 0.5) is 5.95 Å². The van der Waals surface area contributed by atoms with Crippen LogP contribution in [0.3, 0.4) is 0 Å². The van der Waals surface area contributed by atoms with Gasteiger partial charge in [-0.15, -0.1) is 0 Å². The molecule has 2 aromatic heterocycles. The summed E-state index contributed by atoms with van der Waals surface area (Å²) in [4.78, 5) is 23.0. The number of hydrogen-bond donors (Lipinski definition) is 2. The maximum atomic E-state index is 12.0. The van der Waals surface area contributed by atoms with E-state index in [2.05, 4.69) is 15.0 Å². The molecule has 6 nitrogen and oxygen atoms in total. The molecular weight excluding hydrogens is 242 g/mol. The summed E-state index contributed by atoms with van der Waals surface area (Å²) in [6, 6.07) is 9.86. The van der Waals surface area contributed by atoms with Crippen LogP contribution in [0.1, 0.15) is 17.1 Å². The number of hydrogen-bond acceptors (Lipinski definition) is 4. The molecule has 19 heavy (non-hydrogen) atoms. The lowest BCUT2D eigenvalue weighted by atomic mass is 10.1. The highest BCUT2D eigenvalue weighted by Gasteiger charge is 2.13. The van der Waals surface area contributed by atoms with Crippen LogP contribution >= 0.6 is 0 Å². The average Bonchev–Trinajstić information content (AvgIpc) is 2.67. The average molecular weight is 255 g/mol. The summed E-state index contributed by atoms with van der Waals surface area (Å²) in [6.07, 6.45) is 0.574. The topological polar surface area (TPSA) is 89.1 Å². The van der Waals surface area contributed by atoms with Crippen LogP contribution in [0, 0.1) is 6.92 Å². The van der Waals surface area contributed by atoms with E-state index in [1.54, 1.807) is 0 Å². The van der Waals surface area contributed by atoms with Crippen molar-refractivity contribution in [3.8, 4) is 0 Å². The lowest BCUT2D eigenvalue weighted by Gasteiger charge is -2.01. The Morgan fingerprint density at radius 2 is 2.00 bits per heavy atom. The number of nitrogens with two attached hydrogens (primary N) is 1. The van der Waals surface area contributed by atoms with Gasteiger partial charge in [-0.25, -0.2) is 14.2 Å². The highest BCUT2D eigenvalue weighted by atomic mass is 16.1. The fraction of sp³-hybridized carbons (Fsp3) is 0.154. The van der Waals surface area contributed by atoms with E-state index in [1.807, 2.05) is 37.3 Å². The van der Waals surface area contributed by atoms with Gasteiger partial charge in [-0.3, -0.25) is 4.98 Å². The molecule has 6 heteroatoms. The molecule has 0 radical (unpaired) electrons. The quantitative estimate of drug-likeness (QED) is 0.712. The minimum atomic E-state index is -0.311. The van der Waals surface area contributed by atoms with Gasteiger partial charge in [-0.2, -0.15) is 4.98 Å². The molecule has 96 valence electrons. The van der Waals surface area contributed by atoms with Gasteiger partial charge >= 0.3 is 5.69 Å². The number of nitrogen functional groups attached to an aromatic ring is 1. The zero-order chi connectivity index (χ0) is 13.4. The van der Waals surface area contributed by atoms with E-state index < -0.39 is 0 Å². The number of rotatable bonds is 2. The standard InChI is InChI=1S/C13H13N5O/c1-8-11-16-12(14)17-13(19)18(11)10(15-8)7-9-5-3-2-4-6-9/h2-6H,7H2,1H3,(H3,14,16,17,19). The second kappa shape index (κ2) is 4.24. The van der Waals surface area contributed by atoms with E-state index in [1.165, 1.54) is 4.40 Å². The first-order valence-corrected chi connectivity index (χ1v) is 5.93. The normalized spacial score (nSPS) is 11.0. The van der Waals surface area contributed by atoms with Crippen molar-refractivity contribution in [2.24, 2.45) is 0 Å². The zero-order valence-electron chi connectivity index (χ0n) is 10.4. The van der Waals surface area contributed by atoms with Gasteiger partial charge in [0.1, 0.15) is 5.82 Å². The van der Waals surface area contributed by atoms with Crippen LogP contribution in [-0.2, 0) is 6.42 Å². The lowest BCUT2D eigenvalue weighted by molar-refractivity contribution is 0.879. The van der Waals surface area contributed by atoms with E-state index >= 15 is 0 Å².